The van der Waals surface area contributed by atoms with E-state index in [-0.39, 0.29) is 18.4 Å². The van der Waals surface area contributed by atoms with Crippen LogP contribution in [0.15, 0.2) is 48.5 Å². The summed E-state index contributed by atoms with van der Waals surface area (Å²) in [5, 5.41) is 2.93. The Hall–Kier alpha value is -3.02. The van der Waals surface area contributed by atoms with Crippen LogP contribution in [-0.2, 0) is 11.3 Å². The number of rotatable bonds is 7. The number of hydrogen-bond acceptors (Lipinski definition) is 4. The Kier molecular flexibility index (Phi) is 6.53. The van der Waals surface area contributed by atoms with Gasteiger partial charge in [-0.2, -0.15) is 0 Å². The first-order valence-electron chi connectivity index (χ1n) is 9.58. The standard InChI is InChI=1S/C22H27N3O3/c1-24(2)21(26)16-28-20-7-5-6-18(14-20)22(27)23-15-17-8-10-19(11-9-17)25-12-3-4-13-25/h5-11,14H,3-4,12-13,15-16H2,1-2H3,(H,23,27). The van der Waals surface area contributed by atoms with Crippen molar-refractivity contribution in [3.8, 4) is 5.75 Å². The zero-order valence-corrected chi connectivity index (χ0v) is 16.5. The van der Waals surface area contributed by atoms with Gasteiger partial charge in [-0.15, -0.1) is 0 Å². The van der Waals surface area contributed by atoms with Crippen molar-refractivity contribution < 1.29 is 14.3 Å². The highest BCUT2D eigenvalue weighted by Gasteiger charge is 2.12. The average molecular weight is 381 g/mol. The quantitative estimate of drug-likeness (QED) is 0.801. The van der Waals surface area contributed by atoms with Gasteiger partial charge in [0, 0.05) is 45.0 Å². The van der Waals surface area contributed by atoms with E-state index in [2.05, 4.69) is 34.5 Å². The molecule has 0 radical (unpaired) electrons. The number of hydrogen-bond donors (Lipinski definition) is 1. The number of amides is 2. The van der Waals surface area contributed by atoms with Crippen molar-refractivity contribution in [2.45, 2.75) is 19.4 Å². The number of nitrogens with zero attached hydrogens (tertiary/aromatic N) is 2. The molecule has 2 aromatic carbocycles. The van der Waals surface area contributed by atoms with Gasteiger partial charge in [-0.3, -0.25) is 9.59 Å². The molecule has 0 aromatic heterocycles. The van der Waals surface area contributed by atoms with Gasteiger partial charge in [0.05, 0.1) is 0 Å². The van der Waals surface area contributed by atoms with Crippen molar-refractivity contribution in [2.75, 3.05) is 38.7 Å². The topological polar surface area (TPSA) is 61.9 Å². The second-order valence-electron chi connectivity index (χ2n) is 7.15. The van der Waals surface area contributed by atoms with Gasteiger partial charge in [0.1, 0.15) is 5.75 Å². The molecule has 0 aliphatic carbocycles. The van der Waals surface area contributed by atoms with Crippen LogP contribution >= 0.6 is 0 Å². The Labute approximate surface area is 166 Å². The summed E-state index contributed by atoms with van der Waals surface area (Å²) in [6.07, 6.45) is 2.51. The van der Waals surface area contributed by atoms with Crippen molar-refractivity contribution in [3.63, 3.8) is 0 Å². The summed E-state index contributed by atoms with van der Waals surface area (Å²) < 4.78 is 5.47. The van der Waals surface area contributed by atoms with Crippen LogP contribution in [0.2, 0.25) is 0 Å². The van der Waals surface area contributed by atoms with Gasteiger partial charge in [-0.25, -0.2) is 0 Å². The number of carbonyl (C=O) groups is 2. The van der Waals surface area contributed by atoms with Crippen LogP contribution in [0, 0.1) is 0 Å². The van der Waals surface area contributed by atoms with Crippen LogP contribution in [0.4, 0.5) is 5.69 Å². The molecule has 3 rings (SSSR count). The molecule has 0 atom stereocenters. The minimum atomic E-state index is -0.173. The van der Waals surface area contributed by atoms with E-state index in [0.717, 1.165) is 18.7 Å². The van der Waals surface area contributed by atoms with E-state index < -0.39 is 0 Å². The second-order valence-corrected chi connectivity index (χ2v) is 7.15. The molecule has 6 nitrogen and oxygen atoms in total. The minimum absolute atomic E-state index is 0.0541. The number of benzene rings is 2. The van der Waals surface area contributed by atoms with E-state index in [1.807, 2.05) is 0 Å². The summed E-state index contributed by atoms with van der Waals surface area (Å²) in [4.78, 5) is 27.9. The van der Waals surface area contributed by atoms with Crippen LogP contribution in [-0.4, -0.2) is 50.5 Å². The van der Waals surface area contributed by atoms with E-state index in [9.17, 15) is 9.59 Å². The van der Waals surface area contributed by atoms with E-state index in [4.69, 9.17) is 4.74 Å². The summed E-state index contributed by atoms with van der Waals surface area (Å²) in [6, 6.07) is 15.2. The summed E-state index contributed by atoms with van der Waals surface area (Å²) in [5.74, 6) is 0.193. The molecule has 0 unspecified atom stereocenters. The van der Waals surface area contributed by atoms with Gasteiger partial charge in [0.25, 0.3) is 11.8 Å². The largest absolute Gasteiger partial charge is 0.484 e. The van der Waals surface area contributed by atoms with Crippen LogP contribution < -0.4 is 15.0 Å². The molecule has 0 saturated carbocycles. The second kappa shape index (κ2) is 9.26. The summed E-state index contributed by atoms with van der Waals surface area (Å²) >= 11 is 0. The molecule has 1 fully saturated rings. The molecule has 148 valence electrons. The lowest BCUT2D eigenvalue weighted by Gasteiger charge is -2.17. The van der Waals surface area contributed by atoms with Crippen molar-refractivity contribution >= 4 is 17.5 Å². The van der Waals surface area contributed by atoms with E-state index in [1.54, 1.807) is 38.4 Å². The third-order valence-corrected chi connectivity index (χ3v) is 4.82. The molecule has 1 aliphatic rings. The van der Waals surface area contributed by atoms with E-state index in [0.29, 0.717) is 17.9 Å². The van der Waals surface area contributed by atoms with Crippen molar-refractivity contribution in [1.82, 2.24) is 10.2 Å². The number of carbonyl (C=O) groups excluding carboxylic acids is 2. The SMILES string of the molecule is CN(C)C(=O)COc1cccc(C(=O)NCc2ccc(N3CCCC3)cc2)c1. The lowest BCUT2D eigenvalue weighted by Crippen LogP contribution is -2.27. The molecule has 6 heteroatoms. The number of likely N-dealkylation sites (N-methyl/N-ethyl adjacent to an activating group) is 1. The first kappa shape index (κ1) is 19.7. The zero-order valence-electron chi connectivity index (χ0n) is 16.5. The molecule has 2 aromatic rings. The lowest BCUT2D eigenvalue weighted by molar-refractivity contribution is -0.130. The highest BCUT2D eigenvalue weighted by Crippen LogP contribution is 2.20. The number of nitrogens with one attached hydrogen (secondary N) is 1. The Morgan fingerprint density at radius 1 is 1.07 bits per heavy atom. The Morgan fingerprint density at radius 2 is 1.79 bits per heavy atom. The molecule has 0 spiro atoms. The Balaban J connectivity index is 1.53. The lowest BCUT2D eigenvalue weighted by atomic mass is 10.1. The molecule has 28 heavy (non-hydrogen) atoms. The monoisotopic (exact) mass is 381 g/mol. The maximum atomic E-state index is 12.4. The third kappa shape index (κ3) is 5.25. The normalized spacial score (nSPS) is 13.3. The van der Waals surface area contributed by atoms with Crippen molar-refractivity contribution in [2.24, 2.45) is 0 Å². The van der Waals surface area contributed by atoms with Gasteiger partial charge in [0.15, 0.2) is 6.61 Å². The van der Waals surface area contributed by atoms with Gasteiger partial charge < -0.3 is 19.9 Å². The fraction of sp³-hybridized carbons (Fsp3) is 0.364. The number of ether oxygens (including phenoxy) is 1. The zero-order chi connectivity index (χ0) is 19.9. The van der Waals surface area contributed by atoms with E-state index >= 15 is 0 Å². The van der Waals surface area contributed by atoms with Crippen LogP contribution in [0.1, 0.15) is 28.8 Å². The smallest absolute Gasteiger partial charge is 0.259 e. The van der Waals surface area contributed by atoms with Crippen LogP contribution in [0.25, 0.3) is 0 Å². The highest BCUT2D eigenvalue weighted by atomic mass is 16.5. The predicted molar refractivity (Wildman–Crippen MR) is 110 cm³/mol. The van der Waals surface area contributed by atoms with Gasteiger partial charge in [0.2, 0.25) is 0 Å². The predicted octanol–water partition coefficient (Wildman–Crippen LogP) is 2.68. The molecule has 1 N–H and O–H groups in total. The Bertz CT molecular complexity index is 812. The van der Waals surface area contributed by atoms with Crippen molar-refractivity contribution in [1.29, 1.82) is 0 Å². The molecule has 1 heterocycles. The maximum Gasteiger partial charge on any atom is 0.259 e. The average Bonchev–Trinajstić information content (AvgIpc) is 3.25. The highest BCUT2D eigenvalue weighted by molar-refractivity contribution is 5.94. The van der Waals surface area contributed by atoms with Gasteiger partial charge in [-0.05, 0) is 48.7 Å². The molecule has 2 amide bonds. The molecular formula is C22H27N3O3. The molecule has 1 saturated heterocycles. The Morgan fingerprint density at radius 3 is 2.46 bits per heavy atom. The summed E-state index contributed by atoms with van der Waals surface area (Å²) in [6.45, 7) is 2.65. The molecule has 1 aliphatic heterocycles. The maximum absolute atomic E-state index is 12.4. The molecular weight excluding hydrogens is 354 g/mol. The molecule has 0 bridgehead atoms. The fourth-order valence-electron chi connectivity index (χ4n) is 3.09. The van der Waals surface area contributed by atoms with E-state index in [1.165, 1.54) is 23.4 Å². The summed E-state index contributed by atoms with van der Waals surface area (Å²) in [7, 11) is 3.35. The first-order chi connectivity index (χ1) is 13.5. The minimum Gasteiger partial charge on any atom is -0.484 e. The third-order valence-electron chi connectivity index (χ3n) is 4.82. The first-order valence-corrected chi connectivity index (χ1v) is 9.58. The number of anilines is 1. The summed E-state index contributed by atoms with van der Waals surface area (Å²) in [5.41, 5.74) is 2.80. The van der Waals surface area contributed by atoms with Gasteiger partial charge >= 0.3 is 0 Å². The fourth-order valence-corrected chi connectivity index (χ4v) is 3.09. The van der Waals surface area contributed by atoms with Gasteiger partial charge in [-0.1, -0.05) is 18.2 Å². The van der Waals surface area contributed by atoms with Crippen LogP contribution in [0.5, 0.6) is 5.75 Å². The van der Waals surface area contributed by atoms with Crippen molar-refractivity contribution in [3.05, 3.63) is 59.7 Å². The van der Waals surface area contributed by atoms with Crippen LogP contribution in [0.3, 0.4) is 0 Å².